The predicted octanol–water partition coefficient (Wildman–Crippen LogP) is 4.61. The number of aliphatic hydroxyl groups is 1. The van der Waals surface area contributed by atoms with E-state index < -0.39 is 44.8 Å². The van der Waals surface area contributed by atoms with Crippen LogP contribution in [0.5, 0.6) is 11.5 Å². The molecule has 1 aliphatic carbocycles. The number of hydrogen-bond donors (Lipinski definition) is 1. The van der Waals surface area contributed by atoms with Crippen molar-refractivity contribution in [3.8, 4) is 11.5 Å². The van der Waals surface area contributed by atoms with E-state index in [0.29, 0.717) is 0 Å². The average molecular weight is 418 g/mol. The van der Waals surface area contributed by atoms with Crippen molar-refractivity contribution in [3.63, 3.8) is 0 Å². The molecule has 5 nitrogen and oxygen atoms in total. The molecule has 1 aliphatic rings. The summed E-state index contributed by atoms with van der Waals surface area (Å²) in [5, 5.41) is 10.1. The second-order valence-corrected chi connectivity index (χ2v) is 8.20. The molecule has 2 aromatic carbocycles. The van der Waals surface area contributed by atoms with Crippen LogP contribution in [-0.4, -0.2) is 25.5 Å². The third-order valence-corrected chi connectivity index (χ3v) is 5.58. The molecule has 0 radical (unpaired) electrons. The number of fused-ring (bicyclic) bond motifs is 1. The van der Waals surface area contributed by atoms with E-state index in [9.17, 15) is 26.7 Å². The Morgan fingerprint density at radius 1 is 1.33 bits per heavy atom. The fraction of sp³-hybridized carbons (Fsp3) is 0.235. The molecule has 0 saturated heterocycles. The van der Waals surface area contributed by atoms with Gasteiger partial charge in [0, 0.05) is 22.6 Å². The molecular formula is C17H11ClF3NO4S. The summed E-state index contributed by atoms with van der Waals surface area (Å²) >= 11 is 5.88. The minimum atomic E-state index is -4.49. The summed E-state index contributed by atoms with van der Waals surface area (Å²) in [5.74, 6) is -3.71. The molecule has 3 rings (SSSR count). The lowest BCUT2D eigenvalue weighted by Gasteiger charge is -2.16. The van der Waals surface area contributed by atoms with Crippen LogP contribution in [0.2, 0.25) is 5.02 Å². The van der Waals surface area contributed by atoms with Gasteiger partial charge < -0.3 is 9.84 Å². The standard InChI is InChI=1S/C17H11ClF3NO4S/c1-22-10-4-9(18)5-11(6-10)26-13-2-3-14(27(24,25)8-19)15-12(13)7-17(20,21)16(15)23/h2-6,16,23H,7-8H2/t16-/m0/s1. The van der Waals surface area contributed by atoms with Crippen molar-refractivity contribution in [1.29, 1.82) is 0 Å². The Kier molecular flexibility index (Phi) is 4.84. The van der Waals surface area contributed by atoms with Crippen molar-refractivity contribution in [3.05, 3.63) is 57.9 Å². The van der Waals surface area contributed by atoms with Crippen LogP contribution in [0.3, 0.4) is 0 Å². The summed E-state index contributed by atoms with van der Waals surface area (Å²) < 4.78 is 70.3. The van der Waals surface area contributed by atoms with Crippen LogP contribution < -0.4 is 4.74 Å². The predicted molar refractivity (Wildman–Crippen MR) is 91.0 cm³/mol. The van der Waals surface area contributed by atoms with Crippen LogP contribution in [-0.2, 0) is 16.3 Å². The number of rotatable bonds is 4. The molecule has 0 aliphatic heterocycles. The zero-order valence-electron chi connectivity index (χ0n) is 13.4. The zero-order chi connectivity index (χ0) is 20.0. The van der Waals surface area contributed by atoms with E-state index in [2.05, 4.69) is 4.85 Å². The Hall–Kier alpha value is -2.28. The monoisotopic (exact) mass is 417 g/mol. The van der Waals surface area contributed by atoms with Crippen LogP contribution in [0.4, 0.5) is 18.9 Å². The average Bonchev–Trinajstić information content (AvgIpc) is 2.85. The SMILES string of the molecule is [C-]#[N+]c1cc(Cl)cc(Oc2ccc(S(=O)(=O)CF)c3c2CC(F)(F)[C@H]3O)c1. The number of hydrogen-bond acceptors (Lipinski definition) is 4. The normalized spacial score (nSPS) is 18.0. The van der Waals surface area contributed by atoms with E-state index in [1.165, 1.54) is 18.2 Å². The highest BCUT2D eigenvalue weighted by molar-refractivity contribution is 7.91. The molecule has 0 amide bonds. The van der Waals surface area contributed by atoms with E-state index >= 15 is 0 Å². The van der Waals surface area contributed by atoms with Crippen LogP contribution in [0, 0.1) is 6.57 Å². The minimum absolute atomic E-state index is 0.0708. The van der Waals surface area contributed by atoms with Gasteiger partial charge in [-0.05, 0) is 30.3 Å². The maximum Gasteiger partial charge on any atom is 0.281 e. The topological polar surface area (TPSA) is 68.0 Å². The van der Waals surface area contributed by atoms with Gasteiger partial charge >= 0.3 is 0 Å². The Morgan fingerprint density at radius 3 is 2.67 bits per heavy atom. The van der Waals surface area contributed by atoms with Gasteiger partial charge in [0.05, 0.1) is 11.5 Å². The summed E-state index contributed by atoms with van der Waals surface area (Å²) in [4.78, 5) is 2.50. The van der Waals surface area contributed by atoms with Gasteiger partial charge in [0.25, 0.3) is 5.92 Å². The van der Waals surface area contributed by atoms with Crippen molar-refractivity contribution >= 4 is 27.1 Å². The van der Waals surface area contributed by atoms with Gasteiger partial charge in [-0.1, -0.05) is 11.6 Å². The molecule has 0 spiro atoms. The molecule has 0 fully saturated rings. The lowest BCUT2D eigenvalue weighted by atomic mass is 10.1. The summed E-state index contributed by atoms with van der Waals surface area (Å²) in [6.07, 6.45) is -3.39. The fourth-order valence-electron chi connectivity index (χ4n) is 2.87. The van der Waals surface area contributed by atoms with E-state index in [1.807, 2.05) is 0 Å². The summed E-state index contributed by atoms with van der Waals surface area (Å²) in [6.45, 7) is 7.01. The Labute approximate surface area is 157 Å². The van der Waals surface area contributed by atoms with Crippen LogP contribution in [0.25, 0.3) is 4.85 Å². The molecule has 0 unspecified atom stereocenters. The first kappa shape index (κ1) is 19.5. The highest BCUT2D eigenvalue weighted by atomic mass is 35.5. The van der Waals surface area contributed by atoms with Crippen LogP contribution >= 0.6 is 11.6 Å². The van der Waals surface area contributed by atoms with Gasteiger partial charge in [-0.15, -0.1) is 0 Å². The minimum Gasteiger partial charge on any atom is -0.458 e. The fourth-order valence-corrected chi connectivity index (χ4v) is 4.05. The van der Waals surface area contributed by atoms with Gasteiger partial charge in [-0.3, -0.25) is 0 Å². The molecule has 2 aromatic rings. The van der Waals surface area contributed by atoms with E-state index in [-0.39, 0.29) is 27.8 Å². The van der Waals surface area contributed by atoms with Gasteiger partial charge in [-0.2, -0.15) is 0 Å². The Bertz CT molecular complexity index is 1070. The largest absolute Gasteiger partial charge is 0.458 e. The smallest absolute Gasteiger partial charge is 0.281 e. The Balaban J connectivity index is 2.15. The molecule has 142 valence electrons. The van der Waals surface area contributed by atoms with Crippen molar-refractivity contribution in [1.82, 2.24) is 0 Å². The highest BCUT2D eigenvalue weighted by Gasteiger charge is 2.50. The lowest BCUT2D eigenvalue weighted by Crippen LogP contribution is -2.22. The molecule has 0 saturated carbocycles. The maximum atomic E-state index is 14.0. The first-order valence-corrected chi connectivity index (χ1v) is 9.48. The van der Waals surface area contributed by atoms with E-state index in [4.69, 9.17) is 22.9 Å². The van der Waals surface area contributed by atoms with E-state index in [1.54, 1.807) is 0 Å². The first-order chi connectivity index (χ1) is 12.6. The third-order valence-electron chi connectivity index (χ3n) is 4.05. The number of nitrogens with zero attached hydrogens (tertiary/aromatic N) is 1. The number of aliphatic hydroxyl groups excluding tert-OH is 1. The third kappa shape index (κ3) is 3.48. The molecule has 27 heavy (non-hydrogen) atoms. The summed E-state index contributed by atoms with van der Waals surface area (Å²) in [5.41, 5.74) is -0.676. The van der Waals surface area contributed by atoms with Gasteiger partial charge in [0.15, 0.2) is 11.7 Å². The van der Waals surface area contributed by atoms with Crippen molar-refractivity contribution in [2.24, 2.45) is 0 Å². The van der Waals surface area contributed by atoms with Crippen molar-refractivity contribution < 1.29 is 31.4 Å². The van der Waals surface area contributed by atoms with E-state index in [0.717, 1.165) is 12.1 Å². The molecule has 0 aromatic heterocycles. The highest BCUT2D eigenvalue weighted by Crippen LogP contribution is 2.50. The Morgan fingerprint density at radius 2 is 2.04 bits per heavy atom. The second kappa shape index (κ2) is 6.71. The second-order valence-electron chi connectivity index (χ2n) is 5.88. The summed E-state index contributed by atoms with van der Waals surface area (Å²) in [6, 6.07) is 4.27. The van der Waals surface area contributed by atoms with Crippen molar-refractivity contribution in [2.75, 3.05) is 6.01 Å². The molecule has 0 bridgehead atoms. The number of ether oxygens (including phenoxy) is 1. The number of benzene rings is 2. The van der Waals surface area contributed by atoms with Crippen LogP contribution in [0.15, 0.2) is 35.2 Å². The van der Waals surface area contributed by atoms with Crippen molar-refractivity contribution in [2.45, 2.75) is 23.3 Å². The summed E-state index contributed by atoms with van der Waals surface area (Å²) in [7, 11) is -4.49. The zero-order valence-corrected chi connectivity index (χ0v) is 15.0. The van der Waals surface area contributed by atoms with Gasteiger partial charge in [0.2, 0.25) is 9.84 Å². The number of alkyl halides is 3. The molecule has 1 atom stereocenters. The molecule has 10 heteroatoms. The molecule has 1 N–H and O–H groups in total. The first-order valence-electron chi connectivity index (χ1n) is 7.45. The quantitative estimate of drug-likeness (QED) is 0.738. The number of sulfone groups is 1. The molecular weight excluding hydrogens is 407 g/mol. The number of halogens is 4. The molecule has 0 heterocycles. The maximum absolute atomic E-state index is 14.0. The van der Waals surface area contributed by atoms with Gasteiger partial charge in [-0.25, -0.2) is 26.4 Å². The van der Waals surface area contributed by atoms with Crippen LogP contribution in [0.1, 0.15) is 17.2 Å². The van der Waals surface area contributed by atoms with Gasteiger partial charge in [0.1, 0.15) is 17.6 Å². The lowest BCUT2D eigenvalue weighted by molar-refractivity contribution is -0.0976.